The third kappa shape index (κ3) is 3.82. The third-order valence-electron chi connectivity index (χ3n) is 5.76. The molecule has 0 aliphatic carbocycles. The number of para-hydroxylation sites is 1. The van der Waals surface area contributed by atoms with Gasteiger partial charge in [-0.3, -0.25) is 4.79 Å². The van der Waals surface area contributed by atoms with Gasteiger partial charge in [-0.05, 0) is 42.3 Å². The van der Waals surface area contributed by atoms with Crippen LogP contribution < -0.4 is 15.1 Å². The zero-order valence-electron chi connectivity index (χ0n) is 16.1. The number of halogens is 1. The molecule has 0 unspecified atom stereocenters. The molecule has 0 radical (unpaired) electrons. The summed E-state index contributed by atoms with van der Waals surface area (Å²) in [5, 5.41) is 3.79. The van der Waals surface area contributed by atoms with Crippen LogP contribution in [0.25, 0.3) is 0 Å². The number of ether oxygens (including phenoxy) is 1. The van der Waals surface area contributed by atoms with E-state index in [4.69, 9.17) is 16.3 Å². The molecule has 2 aliphatic rings. The molecule has 0 bridgehead atoms. The Morgan fingerprint density at radius 3 is 2.75 bits per heavy atom. The molecule has 1 amide bonds. The zero-order valence-corrected chi connectivity index (χ0v) is 16.9. The Hall–Kier alpha value is -2.24. The summed E-state index contributed by atoms with van der Waals surface area (Å²) >= 11 is 6.05. The molecule has 1 saturated heterocycles. The van der Waals surface area contributed by atoms with Crippen molar-refractivity contribution in [3.8, 4) is 0 Å². The Balaban J connectivity index is 1.59. The summed E-state index contributed by atoms with van der Waals surface area (Å²) in [7, 11) is 1.65. The van der Waals surface area contributed by atoms with Gasteiger partial charge in [0.1, 0.15) is 0 Å². The van der Waals surface area contributed by atoms with E-state index in [1.165, 1.54) is 11.3 Å². The Morgan fingerprint density at radius 2 is 1.96 bits per heavy atom. The highest BCUT2D eigenvalue weighted by atomic mass is 35.5. The Kier molecular flexibility index (Phi) is 5.74. The van der Waals surface area contributed by atoms with Crippen molar-refractivity contribution < 1.29 is 9.53 Å². The van der Waals surface area contributed by atoms with Crippen LogP contribution in [-0.4, -0.2) is 51.8 Å². The number of piperazine rings is 1. The van der Waals surface area contributed by atoms with Crippen LogP contribution in [0.15, 0.2) is 48.5 Å². The standard InChI is InChI=1S/C22H26ClN3O2/c1-28-13-10-24-22(27)19-14-16-4-2-3-5-20(16)26-12-11-25(15-21(19)26)18-8-6-17(23)7-9-18/h2-9,19,21H,10-15H2,1H3,(H,24,27)/t19-,21+/m0/s1. The fourth-order valence-corrected chi connectivity index (χ4v) is 4.48. The van der Waals surface area contributed by atoms with Crippen LogP contribution in [0.5, 0.6) is 0 Å². The molecule has 2 atom stereocenters. The van der Waals surface area contributed by atoms with E-state index in [0.29, 0.717) is 13.2 Å². The maximum atomic E-state index is 13.0. The predicted molar refractivity (Wildman–Crippen MR) is 113 cm³/mol. The maximum Gasteiger partial charge on any atom is 0.225 e. The van der Waals surface area contributed by atoms with Crippen LogP contribution in [0, 0.1) is 5.92 Å². The number of benzene rings is 2. The number of nitrogens with zero attached hydrogens (tertiary/aromatic N) is 2. The highest BCUT2D eigenvalue weighted by Crippen LogP contribution is 2.37. The molecule has 28 heavy (non-hydrogen) atoms. The smallest absolute Gasteiger partial charge is 0.225 e. The number of hydrogen-bond acceptors (Lipinski definition) is 4. The summed E-state index contributed by atoms with van der Waals surface area (Å²) in [6.07, 6.45) is 0.768. The third-order valence-corrected chi connectivity index (χ3v) is 6.01. The van der Waals surface area contributed by atoms with Crippen molar-refractivity contribution in [2.75, 3.05) is 49.7 Å². The minimum Gasteiger partial charge on any atom is -0.383 e. The van der Waals surface area contributed by atoms with E-state index in [9.17, 15) is 4.79 Å². The van der Waals surface area contributed by atoms with Gasteiger partial charge in [-0.25, -0.2) is 0 Å². The molecule has 2 aliphatic heterocycles. The molecule has 5 nitrogen and oxygen atoms in total. The lowest BCUT2D eigenvalue weighted by Gasteiger charge is -2.49. The molecule has 148 valence electrons. The first-order valence-electron chi connectivity index (χ1n) is 9.79. The van der Waals surface area contributed by atoms with Crippen molar-refractivity contribution >= 4 is 28.9 Å². The molecule has 4 rings (SSSR count). The van der Waals surface area contributed by atoms with Crippen molar-refractivity contribution in [3.05, 3.63) is 59.1 Å². The number of carbonyl (C=O) groups is 1. The van der Waals surface area contributed by atoms with Crippen molar-refractivity contribution in [1.82, 2.24) is 5.32 Å². The highest BCUT2D eigenvalue weighted by Gasteiger charge is 2.41. The van der Waals surface area contributed by atoms with Gasteiger partial charge in [0.15, 0.2) is 0 Å². The predicted octanol–water partition coefficient (Wildman–Crippen LogP) is 2.97. The van der Waals surface area contributed by atoms with Crippen molar-refractivity contribution in [2.24, 2.45) is 5.92 Å². The summed E-state index contributed by atoms with van der Waals surface area (Å²) in [6.45, 7) is 3.70. The van der Waals surface area contributed by atoms with E-state index in [0.717, 1.165) is 36.8 Å². The first kappa shape index (κ1) is 19.1. The molecule has 2 heterocycles. The van der Waals surface area contributed by atoms with E-state index in [1.807, 2.05) is 12.1 Å². The molecule has 0 spiro atoms. The lowest BCUT2D eigenvalue weighted by Crippen LogP contribution is -2.61. The number of carbonyl (C=O) groups excluding carboxylic acids is 1. The van der Waals surface area contributed by atoms with Crippen molar-refractivity contribution in [2.45, 2.75) is 12.5 Å². The van der Waals surface area contributed by atoms with Gasteiger partial charge in [0.2, 0.25) is 5.91 Å². The minimum absolute atomic E-state index is 0.0816. The van der Waals surface area contributed by atoms with Gasteiger partial charge in [-0.1, -0.05) is 29.8 Å². The summed E-state index contributed by atoms with van der Waals surface area (Å²) in [6, 6.07) is 16.6. The number of nitrogens with one attached hydrogen (secondary N) is 1. The van der Waals surface area contributed by atoms with Crippen LogP contribution in [-0.2, 0) is 16.0 Å². The Labute approximate surface area is 171 Å². The lowest BCUT2D eigenvalue weighted by molar-refractivity contribution is -0.126. The number of hydrogen-bond donors (Lipinski definition) is 1. The molecule has 2 aromatic carbocycles. The van der Waals surface area contributed by atoms with Gasteiger partial charge in [0.25, 0.3) is 0 Å². The largest absolute Gasteiger partial charge is 0.383 e. The van der Waals surface area contributed by atoms with Crippen molar-refractivity contribution in [1.29, 1.82) is 0 Å². The summed E-state index contributed by atoms with van der Waals surface area (Å²) in [4.78, 5) is 17.8. The van der Waals surface area contributed by atoms with Crippen LogP contribution in [0.1, 0.15) is 5.56 Å². The Morgan fingerprint density at radius 1 is 1.18 bits per heavy atom. The molecule has 2 aromatic rings. The van der Waals surface area contributed by atoms with Gasteiger partial charge in [0, 0.05) is 49.7 Å². The molecular weight excluding hydrogens is 374 g/mol. The summed E-state index contributed by atoms with van der Waals surface area (Å²) in [5.74, 6) is 0.0290. The first-order chi connectivity index (χ1) is 13.7. The van der Waals surface area contributed by atoms with Crippen LogP contribution in [0.2, 0.25) is 5.02 Å². The van der Waals surface area contributed by atoms with E-state index < -0.39 is 0 Å². The summed E-state index contributed by atoms with van der Waals surface area (Å²) < 4.78 is 5.08. The van der Waals surface area contributed by atoms with Crippen LogP contribution >= 0.6 is 11.6 Å². The topological polar surface area (TPSA) is 44.8 Å². The molecule has 1 N–H and O–H groups in total. The minimum atomic E-state index is -0.0816. The van der Waals surface area contributed by atoms with E-state index in [-0.39, 0.29) is 17.9 Å². The number of methoxy groups -OCH3 is 1. The number of anilines is 2. The van der Waals surface area contributed by atoms with Crippen molar-refractivity contribution in [3.63, 3.8) is 0 Å². The number of amides is 1. The SMILES string of the molecule is COCCNC(=O)[C@H]1Cc2ccccc2N2CCN(c3ccc(Cl)cc3)C[C@H]12. The van der Waals surface area contributed by atoms with Crippen LogP contribution in [0.4, 0.5) is 11.4 Å². The maximum absolute atomic E-state index is 13.0. The molecule has 1 fully saturated rings. The zero-order chi connectivity index (χ0) is 19.5. The fourth-order valence-electron chi connectivity index (χ4n) is 4.35. The average Bonchev–Trinajstić information content (AvgIpc) is 2.73. The van der Waals surface area contributed by atoms with Gasteiger partial charge in [-0.2, -0.15) is 0 Å². The molecule has 6 heteroatoms. The quantitative estimate of drug-likeness (QED) is 0.785. The van der Waals surface area contributed by atoms with Crippen LogP contribution in [0.3, 0.4) is 0 Å². The monoisotopic (exact) mass is 399 g/mol. The second-order valence-electron chi connectivity index (χ2n) is 7.41. The van der Waals surface area contributed by atoms with Gasteiger partial charge in [0.05, 0.1) is 18.6 Å². The van der Waals surface area contributed by atoms with Gasteiger partial charge < -0.3 is 19.9 Å². The average molecular weight is 400 g/mol. The highest BCUT2D eigenvalue weighted by molar-refractivity contribution is 6.30. The molecule has 0 saturated carbocycles. The Bertz CT molecular complexity index is 827. The number of fused-ring (bicyclic) bond motifs is 3. The number of rotatable bonds is 5. The van der Waals surface area contributed by atoms with Gasteiger partial charge in [-0.15, -0.1) is 0 Å². The lowest BCUT2D eigenvalue weighted by atomic mass is 9.83. The van der Waals surface area contributed by atoms with E-state index in [2.05, 4.69) is 51.5 Å². The summed E-state index contributed by atoms with van der Waals surface area (Å²) in [5.41, 5.74) is 3.68. The first-order valence-corrected chi connectivity index (χ1v) is 10.2. The van der Waals surface area contributed by atoms with Gasteiger partial charge >= 0.3 is 0 Å². The second kappa shape index (κ2) is 8.41. The molecular formula is C22H26ClN3O2. The molecule has 0 aromatic heterocycles. The normalized spacial score (nSPS) is 21.1. The van der Waals surface area contributed by atoms with E-state index in [1.54, 1.807) is 7.11 Å². The second-order valence-corrected chi connectivity index (χ2v) is 7.84. The fraction of sp³-hybridized carbons (Fsp3) is 0.409. The van der Waals surface area contributed by atoms with E-state index >= 15 is 0 Å².